The molecular weight excluding hydrogens is 340 g/mol. The zero-order chi connectivity index (χ0) is 20.4. The number of hydrogen-bond donors (Lipinski definition) is 1. The molecule has 5 heteroatoms. The molecule has 0 radical (unpaired) electrons. The number of nitrogens with zero attached hydrogens (tertiary/aromatic N) is 1. The van der Waals surface area contributed by atoms with Crippen molar-refractivity contribution in [1.82, 2.24) is 10.4 Å². The summed E-state index contributed by atoms with van der Waals surface area (Å²) in [5, 5.41) is 1.38. The molecule has 27 heavy (non-hydrogen) atoms. The third kappa shape index (κ3) is 4.88. The summed E-state index contributed by atoms with van der Waals surface area (Å²) in [6.07, 6.45) is 0. The zero-order valence-electron chi connectivity index (χ0n) is 17.1. The quantitative estimate of drug-likeness (QED) is 0.826. The van der Waals surface area contributed by atoms with Crippen LogP contribution in [0.1, 0.15) is 58.2 Å². The summed E-state index contributed by atoms with van der Waals surface area (Å²) in [5.41, 5.74) is 6.09. The summed E-state index contributed by atoms with van der Waals surface area (Å²) >= 11 is 0. The number of carbonyl (C=O) groups excluding carboxylic acids is 2. The van der Waals surface area contributed by atoms with Crippen LogP contribution in [0.5, 0.6) is 5.75 Å². The third-order valence-corrected chi connectivity index (χ3v) is 4.23. The maximum absolute atomic E-state index is 13.1. The van der Waals surface area contributed by atoms with E-state index < -0.39 is 5.54 Å². The molecule has 2 aromatic carbocycles. The van der Waals surface area contributed by atoms with Gasteiger partial charge in [-0.25, -0.2) is 5.01 Å². The fraction of sp³-hybridized carbons (Fsp3) is 0.364. The van der Waals surface area contributed by atoms with Crippen molar-refractivity contribution in [2.75, 3.05) is 7.11 Å². The summed E-state index contributed by atoms with van der Waals surface area (Å²) in [5.74, 6) is 0.0215. The van der Waals surface area contributed by atoms with Crippen molar-refractivity contribution < 1.29 is 14.3 Å². The Labute approximate surface area is 161 Å². The number of benzene rings is 2. The Bertz CT molecular complexity index is 846. The Hall–Kier alpha value is -2.82. The van der Waals surface area contributed by atoms with E-state index in [1.54, 1.807) is 19.2 Å². The Kier molecular flexibility index (Phi) is 5.94. The zero-order valence-corrected chi connectivity index (χ0v) is 17.1. The average molecular weight is 368 g/mol. The van der Waals surface area contributed by atoms with E-state index in [1.165, 1.54) is 5.01 Å². The maximum atomic E-state index is 13.1. The first kappa shape index (κ1) is 20.5. The third-order valence-electron chi connectivity index (χ3n) is 4.23. The molecule has 0 unspecified atom stereocenters. The van der Waals surface area contributed by atoms with Crippen LogP contribution < -0.4 is 10.2 Å². The van der Waals surface area contributed by atoms with Crippen molar-refractivity contribution in [3.8, 4) is 5.75 Å². The van der Waals surface area contributed by atoms with Crippen LogP contribution in [0.3, 0.4) is 0 Å². The summed E-state index contributed by atoms with van der Waals surface area (Å²) in [7, 11) is 1.56. The molecule has 0 saturated heterocycles. The van der Waals surface area contributed by atoms with Crippen molar-refractivity contribution in [2.45, 2.75) is 47.1 Å². The fourth-order valence-corrected chi connectivity index (χ4v) is 2.88. The van der Waals surface area contributed by atoms with Gasteiger partial charge in [0.05, 0.1) is 12.6 Å². The lowest BCUT2D eigenvalue weighted by Gasteiger charge is -2.35. The second kappa shape index (κ2) is 7.82. The fourth-order valence-electron chi connectivity index (χ4n) is 2.88. The van der Waals surface area contributed by atoms with E-state index in [1.807, 2.05) is 65.8 Å². The first-order valence-corrected chi connectivity index (χ1v) is 8.91. The second-order valence-electron chi connectivity index (χ2n) is 7.81. The number of hydrogen-bond acceptors (Lipinski definition) is 3. The second-order valence-corrected chi connectivity index (χ2v) is 7.81. The SMILES string of the molecule is COc1cc(C(=O)NN(C(=O)c2cc(C)cc(C)c2)C(C)(C)C)ccc1C. The average Bonchev–Trinajstić information content (AvgIpc) is 2.57. The van der Waals surface area contributed by atoms with Gasteiger partial charge in [0.25, 0.3) is 11.8 Å². The van der Waals surface area contributed by atoms with Crippen molar-refractivity contribution in [1.29, 1.82) is 0 Å². The molecule has 1 N–H and O–H groups in total. The van der Waals surface area contributed by atoms with E-state index in [4.69, 9.17) is 4.74 Å². The van der Waals surface area contributed by atoms with Gasteiger partial charge in [-0.2, -0.15) is 0 Å². The lowest BCUT2D eigenvalue weighted by atomic mass is 10.0. The first-order chi connectivity index (χ1) is 12.5. The molecule has 0 aromatic heterocycles. The minimum Gasteiger partial charge on any atom is -0.496 e. The number of amides is 2. The molecule has 0 saturated carbocycles. The number of nitrogens with one attached hydrogen (secondary N) is 1. The molecule has 5 nitrogen and oxygen atoms in total. The highest BCUT2D eigenvalue weighted by Crippen LogP contribution is 2.21. The van der Waals surface area contributed by atoms with E-state index >= 15 is 0 Å². The van der Waals surface area contributed by atoms with E-state index in [-0.39, 0.29) is 11.8 Å². The van der Waals surface area contributed by atoms with Crippen LogP contribution in [0.4, 0.5) is 0 Å². The Balaban J connectivity index is 2.34. The first-order valence-electron chi connectivity index (χ1n) is 8.91. The number of aryl methyl sites for hydroxylation is 3. The molecular formula is C22H28N2O3. The molecule has 2 rings (SSSR count). The highest BCUT2D eigenvalue weighted by molar-refractivity contribution is 5.99. The topological polar surface area (TPSA) is 58.6 Å². The van der Waals surface area contributed by atoms with E-state index in [2.05, 4.69) is 5.43 Å². The van der Waals surface area contributed by atoms with Gasteiger partial charge in [0.2, 0.25) is 0 Å². The van der Waals surface area contributed by atoms with Gasteiger partial charge in [-0.15, -0.1) is 0 Å². The Morgan fingerprint density at radius 1 is 0.926 bits per heavy atom. The van der Waals surface area contributed by atoms with Crippen LogP contribution in [-0.2, 0) is 0 Å². The molecule has 2 aromatic rings. The predicted octanol–water partition coefficient (Wildman–Crippen LogP) is 4.21. The normalized spacial score (nSPS) is 11.1. The molecule has 0 aliphatic carbocycles. The minimum atomic E-state index is -0.598. The summed E-state index contributed by atoms with van der Waals surface area (Å²) < 4.78 is 5.29. The van der Waals surface area contributed by atoms with Gasteiger partial charge in [0.1, 0.15) is 5.75 Å². The number of methoxy groups -OCH3 is 1. The molecule has 0 bridgehead atoms. The summed E-state index contributed by atoms with van der Waals surface area (Å²) in [4.78, 5) is 25.9. The molecule has 0 atom stereocenters. The van der Waals surface area contributed by atoms with Crippen LogP contribution in [0.25, 0.3) is 0 Å². The number of carbonyl (C=O) groups is 2. The van der Waals surface area contributed by atoms with E-state index in [0.29, 0.717) is 16.9 Å². The van der Waals surface area contributed by atoms with Crippen LogP contribution >= 0.6 is 0 Å². The largest absolute Gasteiger partial charge is 0.496 e. The van der Waals surface area contributed by atoms with Gasteiger partial charge >= 0.3 is 0 Å². The molecule has 0 heterocycles. The number of rotatable bonds is 3. The van der Waals surface area contributed by atoms with Gasteiger partial charge < -0.3 is 4.74 Å². The summed E-state index contributed by atoms with van der Waals surface area (Å²) in [6, 6.07) is 10.9. The summed E-state index contributed by atoms with van der Waals surface area (Å²) in [6.45, 7) is 11.4. The lowest BCUT2D eigenvalue weighted by molar-refractivity contribution is 0.0358. The van der Waals surface area contributed by atoms with Crippen LogP contribution in [0.15, 0.2) is 36.4 Å². The van der Waals surface area contributed by atoms with Crippen molar-refractivity contribution >= 4 is 11.8 Å². The van der Waals surface area contributed by atoms with Crippen molar-refractivity contribution in [2.24, 2.45) is 0 Å². The highest BCUT2D eigenvalue weighted by Gasteiger charge is 2.30. The molecule has 0 spiro atoms. The molecule has 2 amide bonds. The van der Waals surface area contributed by atoms with Crippen molar-refractivity contribution in [3.63, 3.8) is 0 Å². The van der Waals surface area contributed by atoms with Crippen molar-refractivity contribution in [3.05, 3.63) is 64.2 Å². The monoisotopic (exact) mass is 368 g/mol. The van der Waals surface area contributed by atoms with Gasteiger partial charge in [-0.3, -0.25) is 15.0 Å². The van der Waals surface area contributed by atoms with Gasteiger partial charge in [-0.05, 0) is 71.4 Å². The number of hydrazine groups is 1. The molecule has 144 valence electrons. The molecule has 0 aliphatic heterocycles. The number of ether oxygens (including phenoxy) is 1. The minimum absolute atomic E-state index is 0.248. The standard InChI is InChI=1S/C22H28N2O3/c1-14-10-15(2)12-18(11-14)21(26)24(22(4,5)6)23-20(25)17-9-8-16(3)19(13-17)27-7/h8-13H,1-7H3,(H,23,25). The van der Waals surface area contributed by atoms with Crippen LogP contribution in [0.2, 0.25) is 0 Å². The van der Waals surface area contributed by atoms with E-state index in [0.717, 1.165) is 16.7 Å². The predicted molar refractivity (Wildman–Crippen MR) is 107 cm³/mol. The molecule has 0 aliphatic rings. The van der Waals surface area contributed by atoms with E-state index in [9.17, 15) is 9.59 Å². The smallest absolute Gasteiger partial charge is 0.272 e. The van der Waals surface area contributed by atoms with Crippen LogP contribution in [0, 0.1) is 20.8 Å². The lowest BCUT2D eigenvalue weighted by Crippen LogP contribution is -2.55. The van der Waals surface area contributed by atoms with Gasteiger partial charge in [-0.1, -0.05) is 23.3 Å². The Morgan fingerprint density at radius 2 is 1.52 bits per heavy atom. The van der Waals surface area contributed by atoms with Gasteiger partial charge in [0, 0.05) is 11.1 Å². The highest BCUT2D eigenvalue weighted by atomic mass is 16.5. The maximum Gasteiger partial charge on any atom is 0.272 e. The Morgan fingerprint density at radius 3 is 2.04 bits per heavy atom. The van der Waals surface area contributed by atoms with Gasteiger partial charge in [0.15, 0.2) is 0 Å². The van der Waals surface area contributed by atoms with Crippen LogP contribution in [-0.4, -0.2) is 29.5 Å². The molecule has 0 fully saturated rings.